The molecule has 0 bridgehead atoms. The number of anilines is 1. The van der Waals surface area contributed by atoms with E-state index in [0.717, 1.165) is 27.3 Å². The van der Waals surface area contributed by atoms with Crippen molar-refractivity contribution in [2.45, 2.75) is 25.7 Å². The number of amides is 1. The Morgan fingerprint density at radius 1 is 1.04 bits per heavy atom. The summed E-state index contributed by atoms with van der Waals surface area (Å²) >= 11 is 0. The van der Waals surface area contributed by atoms with Gasteiger partial charge in [0, 0.05) is 5.69 Å². The van der Waals surface area contributed by atoms with E-state index in [-0.39, 0.29) is 5.91 Å². The van der Waals surface area contributed by atoms with E-state index in [9.17, 15) is 13.2 Å². The van der Waals surface area contributed by atoms with Gasteiger partial charge in [0.05, 0.1) is 31.1 Å². The van der Waals surface area contributed by atoms with Gasteiger partial charge in [-0.2, -0.15) is 4.31 Å². The molecule has 7 heteroatoms. The number of sulfonamides is 1. The maximum Gasteiger partial charge on any atom is 0.279 e. The quantitative estimate of drug-likeness (QED) is 0.788. The predicted octanol–water partition coefficient (Wildman–Crippen LogP) is 1.14. The number of carbonyl (C=O) groups excluding carboxylic acids is 1. The van der Waals surface area contributed by atoms with Crippen molar-refractivity contribution in [3.63, 3.8) is 0 Å². The van der Waals surface area contributed by atoms with Gasteiger partial charge in [-0.3, -0.25) is 4.79 Å². The predicted molar refractivity (Wildman–Crippen MR) is 110 cm³/mol. The summed E-state index contributed by atoms with van der Waals surface area (Å²) in [6.45, 7) is 8.35. The smallest absolute Gasteiger partial charge is 0.279 e. The molecule has 6 nitrogen and oxygen atoms in total. The number of aryl methyl sites for hydroxylation is 2. The lowest BCUT2D eigenvalue weighted by Gasteiger charge is -2.31. The van der Waals surface area contributed by atoms with Crippen LogP contribution in [-0.2, 0) is 14.8 Å². The highest BCUT2D eigenvalue weighted by Gasteiger charge is 2.31. The van der Waals surface area contributed by atoms with Crippen LogP contribution in [0.15, 0.2) is 47.4 Å². The molecule has 28 heavy (non-hydrogen) atoms. The Morgan fingerprint density at radius 3 is 2.32 bits per heavy atom. The lowest BCUT2D eigenvalue weighted by atomic mass is 10.1. The Labute approximate surface area is 167 Å². The molecular formula is C21H28N3O3S+. The van der Waals surface area contributed by atoms with Crippen molar-refractivity contribution >= 4 is 21.6 Å². The third-order valence-electron chi connectivity index (χ3n) is 5.38. The van der Waals surface area contributed by atoms with Gasteiger partial charge in [0.25, 0.3) is 5.91 Å². The van der Waals surface area contributed by atoms with Gasteiger partial charge in [-0.25, -0.2) is 8.42 Å². The first-order valence-corrected chi connectivity index (χ1v) is 11.0. The Balaban J connectivity index is 1.56. The topological polar surface area (TPSA) is 70.9 Å². The fraction of sp³-hybridized carbons (Fsp3) is 0.381. The van der Waals surface area contributed by atoms with Gasteiger partial charge >= 0.3 is 0 Å². The summed E-state index contributed by atoms with van der Waals surface area (Å²) in [6.07, 6.45) is 0. The lowest BCUT2D eigenvalue weighted by molar-refractivity contribution is -0.895. The molecule has 3 rings (SSSR count). The van der Waals surface area contributed by atoms with Crippen LogP contribution in [0.4, 0.5) is 5.69 Å². The molecule has 1 amide bonds. The molecular weight excluding hydrogens is 374 g/mol. The van der Waals surface area contributed by atoms with E-state index in [0.29, 0.717) is 37.6 Å². The first kappa shape index (κ1) is 20.5. The van der Waals surface area contributed by atoms with E-state index in [4.69, 9.17) is 0 Å². The van der Waals surface area contributed by atoms with Crippen LogP contribution in [-0.4, -0.2) is 51.4 Å². The number of rotatable bonds is 5. The average molecular weight is 403 g/mol. The lowest BCUT2D eigenvalue weighted by Crippen LogP contribution is -3.15. The molecule has 1 aliphatic heterocycles. The minimum Gasteiger partial charge on any atom is -0.325 e. The summed E-state index contributed by atoms with van der Waals surface area (Å²) in [4.78, 5) is 13.8. The monoisotopic (exact) mass is 402 g/mol. The van der Waals surface area contributed by atoms with Gasteiger partial charge in [0.1, 0.15) is 0 Å². The summed E-state index contributed by atoms with van der Waals surface area (Å²) < 4.78 is 27.1. The second kappa shape index (κ2) is 8.43. The SMILES string of the molecule is Cc1ccc(S(=O)(=O)N2CC[NH+](CC(=O)Nc3cccc(C)c3C)CC2)cc1. The zero-order chi connectivity index (χ0) is 20.3. The summed E-state index contributed by atoms with van der Waals surface area (Å²) in [5, 5.41) is 2.98. The summed E-state index contributed by atoms with van der Waals surface area (Å²) in [6, 6.07) is 12.8. The number of nitrogens with zero attached hydrogens (tertiary/aromatic N) is 1. The maximum atomic E-state index is 12.8. The highest BCUT2D eigenvalue weighted by atomic mass is 32.2. The van der Waals surface area contributed by atoms with E-state index in [2.05, 4.69) is 5.32 Å². The normalized spacial score (nSPS) is 16.1. The molecule has 2 aromatic carbocycles. The van der Waals surface area contributed by atoms with Gasteiger partial charge in [0.2, 0.25) is 10.0 Å². The molecule has 0 atom stereocenters. The molecule has 0 saturated carbocycles. The molecule has 150 valence electrons. The summed E-state index contributed by atoms with van der Waals surface area (Å²) in [5.74, 6) is -0.0430. The minimum absolute atomic E-state index is 0.0430. The molecule has 0 aliphatic carbocycles. The second-order valence-corrected chi connectivity index (χ2v) is 9.38. The molecule has 0 aromatic heterocycles. The molecule has 1 saturated heterocycles. The number of piperazine rings is 1. The Bertz CT molecular complexity index is 947. The van der Waals surface area contributed by atoms with Crippen molar-refractivity contribution in [3.8, 4) is 0 Å². The van der Waals surface area contributed by atoms with Gasteiger partial charge < -0.3 is 10.2 Å². The number of nitrogens with one attached hydrogen (secondary N) is 2. The van der Waals surface area contributed by atoms with Crippen LogP contribution in [0.3, 0.4) is 0 Å². The second-order valence-electron chi connectivity index (χ2n) is 7.44. The minimum atomic E-state index is -3.47. The summed E-state index contributed by atoms with van der Waals surface area (Å²) in [5.41, 5.74) is 4.08. The van der Waals surface area contributed by atoms with E-state index in [1.165, 1.54) is 4.31 Å². The van der Waals surface area contributed by atoms with Crippen molar-refractivity contribution in [2.24, 2.45) is 0 Å². The third-order valence-corrected chi connectivity index (χ3v) is 7.29. The van der Waals surface area contributed by atoms with Crippen molar-refractivity contribution in [1.82, 2.24) is 4.31 Å². The number of hydrogen-bond acceptors (Lipinski definition) is 3. The first-order chi connectivity index (χ1) is 13.3. The van der Waals surface area contributed by atoms with E-state index in [1.807, 2.05) is 51.1 Å². The van der Waals surface area contributed by atoms with Crippen LogP contribution in [0.2, 0.25) is 0 Å². The van der Waals surface area contributed by atoms with Crippen LogP contribution in [0.1, 0.15) is 16.7 Å². The Kier molecular flexibility index (Phi) is 6.17. The fourth-order valence-electron chi connectivity index (χ4n) is 3.39. The standard InChI is InChI=1S/C21H27N3O3S/c1-16-7-9-19(10-8-16)28(26,27)24-13-11-23(12-14-24)15-21(25)22-20-6-4-5-17(2)18(20)3/h4-10H,11-15H2,1-3H3,(H,22,25)/p+1. The van der Waals surface area contributed by atoms with Gasteiger partial charge in [-0.05, 0) is 50.1 Å². The van der Waals surface area contributed by atoms with Gasteiger partial charge in [-0.1, -0.05) is 29.8 Å². The van der Waals surface area contributed by atoms with Crippen molar-refractivity contribution < 1.29 is 18.1 Å². The van der Waals surface area contributed by atoms with Crippen LogP contribution in [0.25, 0.3) is 0 Å². The van der Waals surface area contributed by atoms with E-state index in [1.54, 1.807) is 12.1 Å². The van der Waals surface area contributed by atoms with Crippen LogP contribution >= 0.6 is 0 Å². The largest absolute Gasteiger partial charge is 0.325 e. The zero-order valence-electron chi connectivity index (χ0n) is 16.7. The van der Waals surface area contributed by atoms with Gasteiger partial charge in [0.15, 0.2) is 6.54 Å². The van der Waals surface area contributed by atoms with Crippen molar-refractivity contribution in [2.75, 3.05) is 38.0 Å². The Hall–Kier alpha value is -2.22. The first-order valence-electron chi connectivity index (χ1n) is 9.54. The average Bonchev–Trinajstić information content (AvgIpc) is 2.66. The molecule has 1 aliphatic rings. The highest BCUT2D eigenvalue weighted by molar-refractivity contribution is 7.89. The molecule has 0 unspecified atom stereocenters. The van der Waals surface area contributed by atoms with Gasteiger partial charge in [-0.15, -0.1) is 0 Å². The van der Waals surface area contributed by atoms with Crippen molar-refractivity contribution in [3.05, 3.63) is 59.2 Å². The van der Waals surface area contributed by atoms with E-state index >= 15 is 0 Å². The maximum absolute atomic E-state index is 12.8. The number of carbonyl (C=O) groups is 1. The van der Waals surface area contributed by atoms with Crippen LogP contribution in [0, 0.1) is 20.8 Å². The van der Waals surface area contributed by atoms with Crippen molar-refractivity contribution in [1.29, 1.82) is 0 Å². The molecule has 1 fully saturated rings. The summed E-state index contributed by atoms with van der Waals surface area (Å²) in [7, 11) is -3.47. The number of quaternary nitrogens is 1. The molecule has 2 N–H and O–H groups in total. The molecule has 0 radical (unpaired) electrons. The number of hydrogen-bond donors (Lipinski definition) is 2. The molecule has 2 aromatic rings. The third kappa shape index (κ3) is 4.60. The zero-order valence-corrected chi connectivity index (χ0v) is 17.5. The molecule has 1 heterocycles. The van der Waals surface area contributed by atoms with Crippen LogP contribution in [0.5, 0.6) is 0 Å². The number of benzene rings is 2. The highest BCUT2D eigenvalue weighted by Crippen LogP contribution is 2.18. The van der Waals surface area contributed by atoms with Crippen LogP contribution < -0.4 is 10.2 Å². The Morgan fingerprint density at radius 2 is 1.68 bits per heavy atom. The fourth-order valence-corrected chi connectivity index (χ4v) is 4.83. The van der Waals surface area contributed by atoms with E-state index < -0.39 is 10.0 Å². The molecule has 0 spiro atoms.